The fourth-order valence-corrected chi connectivity index (χ4v) is 3.40. The fraction of sp³-hybridized carbons (Fsp3) is 0. The smallest absolute Gasteiger partial charge is 0.141 e. The van der Waals surface area contributed by atoms with Gasteiger partial charge in [-0.05, 0) is 10.4 Å². The van der Waals surface area contributed by atoms with Crippen LogP contribution >= 0.6 is 0 Å². The minimum Gasteiger partial charge on any atom is -0.291 e. The fourth-order valence-electron chi connectivity index (χ4n) is 3.40. The molecule has 0 amide bonds. The van der Waals surface area contributed by atoms with Crippen molar-refractivity contribution in [3.05, 3.63) is 153 Å². The first-order valence-corrected chi connectivity index (χ1v) is 10.9. The van der Waals surface area contributed by atoms with E-state index in [2.05, 4.69) is 21.3 Å². The average Bonchev–Trinajstić information content (AvgIpc) is 2.96. The van der Waals surface area contributed by atoms with Crippen molar-refractivity contribution in [1.29, 1.82) is 0 Å². The second-order valence-electron chi connectivity index (χ2n) is 7.32. The SMILES string of the molecule is O=N/C(=C(\NO)c1ccccc1)c1ccccc1.O=N/C(=C(\NO)c1ccccc1)c1ccccc1.[Ni]. The summed E-state index contributed by atoms with van der Waals surface area (Å²) >= 11 is 0. The van der Waals surface area contributed by atoms with Crippen LogP contribution in [0.2, 0.25) is 0 Å². The Balaban J connectivity index is 0.000000253. The molecule has 37 heavy (non-hydrogen) atoms. The van der Waals surface area contributed by atoms with Crippen molar-refractivity contribution in [3.63, 3.8) is 0 Å². The summed E-state index contributed by atoms with van der Waals surface area (Å²) in [4.78, 5) is 22.0. The molecular formula is C28H24N4NiO4. The minimum absolute atomic E-state index is 0. The maximum atomic E-state index is 11.0. The summed E-state index contributed by atoms with van der Waals surface area (Å²) in [7, 11) is 0. The molecule has 9 heteroatoms. The van der Waals surface area contributed by atoms with E-state index in [4.69, 9.17) is 0 Å². The molecule has 0 aliphatic rings. The number of nitrogens with zero attached hydrogens (tertiary/aromatic N) is 2. The second-order valence-corrected chi connectivity index (χ2v) is 7.32. The second kappa shape index (κ2) is 15.5. The molecule has 4 aromatic carbocycles. The van der Waals surface area contributed by atoms with Gasteiger partial charge in [0.05, 0.1) is 11.4 Å². The molecule has 0 aromatic heterocycles. The predicted molar refractivity (Wildman–Crippen MR) is 141 cm³/mol. The minimum atomic E-state index is 0. The molecule has 4 aromatic rings. The normalized spacial score (nSPS) is 11.3. The maximum absolute atomic E-state index is 11.0. The van der Waals surface area contributed by atoms with Crippen LogP contribution in [-0.2, 0) is 16.5 Å². The molecule has 0 heterocycles. The van der Waals surface area contributed by atoms with Gasteiger partial charge in [0.1, 0.15) is 11.4 Å². The van der Waals surface area contributed by atoms with Gasteiger partial charge >= 0.3 is 0 Å². The number of nitroso groups, excluding NO2 is 2. The molecule has 190 valence electrons. The Morgan fingerprint density at radius 2 is 0.703 bits per heavy atom. The number of benzene rings is 4. The molecule has 0 saturated carbocycles. The predicted octanol–water partition coefficient (Wildman–Crippen LogP) is 6.51. The molecule has 0 bridgehead atoms. The number of nitrogens with one attached hydrogen (secondary N) is 2. The molecular weight excluding hydrogens is 515 g/mol. The van der Waals surface area contributed by atoms with Gasteiger partial charge in [-0.2, -0.15) is 0 Å². The van der Waals surface area contributed by atoms with Gasteiger partial charge < -0.3 is 0 Å². The molecule has 0 spiro atoms. The van der Waals surface area contributed by atoms with Gasteiger partial charge in [0.2, 0.25) is 0 Å². The molecule has 0 aliphatic carbocycles. The van der Waals surface area contributed by atoms with Crippen molar-refractivity contribution in [2.75, 3.05) is 0 Å². The van der Waals surface area contributed by atoms with E-state index in [-0.39, 0.29) is 39.3 Å². The first-order valence-electron chi connectivity index (χ1n) is 10.9. The molecule has 0 saturated heterocycles. The van der Waals surface area contributed by atoms with Crippen LogP contribution in [0.4, 0.5) is 0 Å². The molecule has 0 atom stereocenters. The van der Waals surface area contributed by atoms with E-state index in [0.29, 0.717) is 22.3 Å². The van der Waals surface area contributed by atoms with E-state index in [9.17, 15) is 20.2 Å². The molecule has 0 aliphatic heterocycles. The standard InChI is InChI=1S/2C14H12N2O2.Ni/c2*17-15-13(11-7-3-1-4-8-11)14(16-18)12-9-5-2-6-10-12;/h2*1-10,15,17H;/b2*14-13-;. The van der Waals surface area contributed by atoms with Crippen LogP contribution in [0.25, 0.3) is 22.8 Å². The van der Waals surface area contributed by atoms with Gasteiger partial charge in [-0.25, -0.2) is 0 Å². The Morgan fingerprint density at radius 1 is 0.459 bits per heavy atom. The maximum Gasteiger partial charge on any atom is 0.141 e. The van der Waals surface area contributed by atoms with Crippen LogP contribution in [0.15, 0.2) is 132 Å². The van der Waals surface area contributed by atoms with Crippen molar-refractivity contribution in [3.8, 4) is 0 Å². The molecule has 0 unspecified atom stereocenters. The van der Waals surface area contributed by atoms with Gasteiger partial charge in [0.25, 0.3) is 0 Å². The van der Waals surface area contributed by atoms with Crippen molar-refractivity contribution >= 4 is 22.8 Å². The Hall–Kier alpha value is -4.43. The van der Waals surface area contributed by atoms with Crippen molar-refractivity contribution < 1.29 is 26.9 Å². The van der Waals surface area contributed by atoms with Crippen molar-refractivity contribution in [2.24, 2.45) is 10.4 Å². The first kappa shape index (κ1) is 28.8. The van der Waals surface area contributed by atoms with E-state index in [0.717, 1.165) is 0 Å². The number of hydrogen-bond donors (Lipinski definition) is 4. The third-order valence-corrected chi connectivity index (χ3v) is 5.10. The molecule has 4 rings (SSSR count). The Kier molecular flexibility index (Phi) is 12.1. The van der Waals surface area contributed by atoms with Crippen LogP contribution in [0.5, 0.6) is 0 Å². The summed E-state index contributed by atoms with van der Waals surface area (Å²) in [5.41, 5.74) is 7.70. The van der Waals surface area contributed by atoms with Crippen LogP contribution < -0.4 is 11.0 Å². The van der Waals surface area contributed by atoms with Crippen LogP contribution in [0.3, 0.4) is 0 Å². The quantitative estimate of drug-likeness (QED) is 0.0876. The van der Waals surface area contributed by atoms with E-state index in [1.165, 1.54) is 0 Å². The van der Waals surface area contributed by atoms with Gasteiger partial charge in [-0.3, -0.25) is 21.4 Å². The zero-order valence-electron chi connectivity index (χ0n) is 19.5. The van der Waals surface area contributed by atoms with Crippen molar-refractivity contribution in [1.82, 2.24) is 11.0 Å². The third-order valence-electron chi connectivity index (χ3n) is 5.10. The van der Waals surface area contributed by atoms with Crippen LogP contribution in [0, 0.1) is 9.81 Å². The van der Waals surface area contributed by atoms with Crippen molar-refractivity contribution in [2.45, 2.75) is 0 Å². The zero-order chi connectivity index (χ0) is 25.6. The summed E-state index contributed by atoms with van der Waals surface area (Å²) < 4.78 is 0. The number of rotatable bonds is 8. The largest absolute Gasteiger partial charge is 0.291 e. The van der Waals surface area contributed by atoms with Crippen LogP contribution in [0.1, 0.15) is 22.3 Å². The van der Waals surface area contributed by atoms with E-state index >= 15 is 0 Å². The topological polar surface area (TPSA) is 123 Å². The van der Waals surface area contributed by atoms with Gasteiger partial charge in [0.15, 0.2) is 0 Å². The Morgan fingerprint density at radius 3 is 0.919 bits per heavy atom. The van der Waals surface area contributed by atoms with E-state index in [1.807, 2.05) is 48.5 Å². The summed E-state index contributed by atoms with van der Waals surface area (Å²) in [6.45, 7) is 0. The van der Waals surface area contributed by atoms with Gasteiger partial charge in [-0.15, -0.1) is 9.81 Å². The zero-order valence-corrected chi connectivity index (χ0v) is 20.5. The third kappa shape index (κ3) is 7.78. The number of hydrogen-bond acceptors (Lipinski definition) is 8. The molecule has 0 radical (unpaired) electrons. The average molecular weight is 539 g/mol. The Bertz CT molecular complexity index is 1210. The number of hydroxylamine groups is 2. The molecule has 8 nitrogen and oxygen atoms in total. The van der Waals surface area contributed by atoms with E-state index < -0.39 is 0 Å². The van der Waals surface area contributed by atoms with Crippen LogP contribution in [-0.4, -0.2) is 10.4 Å². The molecule has 4 N–H and O–H groups in total. The summed E-state index contributed by atoms with van der Waals surface area (Å²) in [6, 6.07) is 36.1. The van der Waals surface area contributed by atoms with Gasteiger partial charge in [-0.1, -0.05) is 121 Å². The summed E-state index contributed by atoms with van der Waals surface area (Å²) in [5, 5.41) is 24.5. The first-order chi connectivity index (χ1) is 17.7. The molecule has 0 fully saturated rings. The Labute approximate surface area is 224 Å². The summed E-state index contributed by atoms with van der Waals surface area (Å²) in [5.74, 6) is 0. The summed E-state index contributed by atoms with van der Waals surface area (Å²) in [6.07, 6.45) is 0. The van der Waals surface area contributed by atoms with E-state index in [1.54, 1.807) is 72.8 Å². The monoisotopic (exact) mass is 538 g/mol. The van der Waals surface area contributed by atoms with Gasteiger partial charge in [0, 0.05) is 38.7 Å².